The van der Waals surface area contributed by atoms with Crippen LogP contribution < -0.4 is 10.1 Å². The molecule has 1 atom stereocenters. The van der Waals surface area contributed by atoms with Gasteiger partial charge < -0.3 is 20.1 Å². The van der Waals surface area contributed by atoms with E-state index in [0.717, 1.165) is 16.5 Å². The molecule has 1 unspecified atom stereocenters. The lowest BCUT2D eigenvalue weighted by molar-refractivity contribution is -0.143. The van der Waals surface area contributed by atoms with E-state index in [2.05, 4.69) is 10.3 Å². The highest BCUT2D eigenvalue weighted by Crippen LogP contribution is 2.28. The zero-order chi connectivity index (χ0) is 16.3. The third-order valence-corrected chi connectivity index (χ3v) is 3.57. The minimum Gasteiger partial charge on any atom is -0.496 e. The molecular weight excluding hydrogens is 284 g/mol. The number of H-pyrrole nitrogens is 1. The first kappa shape index (κ1) is 15.9. The monoisotopic (exact) mass is 304 g/mol. The van der Waals surface area contributed by atoms with Gasteiger partial charge in [0.15, 0.2) is 0 Å². The Labute approximate surface area is 128 Å². The van der Waals surface area contributed by atoms with Crippen LogP contribution in [0.4, 0.5) is 0 Å². The van der Waals surface area contributed by atoms with Gasteiger partial charge in [-0.05, 0) is 23.6 Å². The Hall–Kier alpha value is -2.50. The summed E-state index contributed by atoms with van der Waals surface area (Å²) in [6, 6.07) is 4.69. The zero-order valence-electron chi connectivity index (χ0n) is 12.8. The maximum atomic E-state index is 12.1. The highest BCUT2D eigenvalue weighted by Gasteiger charge is 2.24. The molecule has 2 aromatic rings. The van der Waals surface area contributed by atoms with Crippen LogP contribution in [0, 0.1) is 5.92 Å². The number of nitrogens with one attached hydrogen (secondary N) is 2. The number of amides is 1. The number of benzene rings is 1. The molecule has 6 heteroatoms. The Morgan fingerprint density at radius 1 is 1.36 bits per heavy atom. The second-order valence-electron chi connectivity index (χ2n) is 5.50. The van der Waals surface area contributed by atoms with Crippen LogP contribution in [-0.4, -0.2) is 35.1 Å². The third-order valence-electron chi connectivity index (χ3n) is 3.57. The van der Waals surface area contributed by atoms with Gasteiger partial charge in [-0.15, -0.1) is 0 Å². The predicted octanol–water partition coefficient (Wildman–Crippen LogP) is 1.94. The van der Waals surface area contributed by atoms with Crippen molar-refractivity contribution in [3.8, 4) is 5.75 Å². The van der Waals surface area contributed by atoms with Gasteiger partial charge in [0.1, 0.15) is 11.8 Å². The van der Waals surface area contributed by atoms with Crippen molar-refractivity contribution in [1.82, 2.24) is 10.3 Å². The molecule has 0 saturated heterocycles. The number of carboxylic acids is 1. The molecule has 118 valence electrons. The average Bonchev–Trinajstić information content (AvgIpc) is 2.87. The van der Waals surface area contributed by atoms with Crippen molar-refractivity contribution < 1.29 is 19.4 Å². The van der Waals surface area contributed by atoms with E-state index in [-0.39, 0.29) is 18.2 Å². The van der Waals surface area contributed by atoms with E-state index in [4.69, 9.17) is 9.84 Å². The molecule has 1 aromatic heterocycles. The molecule has 1 heterocycles. The fourth-order valence-electron chi connectivity index (χ4n) is 2.44. The number of fused-ring (bicyclic) bond motifs is 1. The number of aromatic nitrogens is 1. The summed E-state index contributed by atoms with van der Waals surface area (Å²) in [5.74, 6) is -0.855. The molecule has 2 rings (SSSR count). The lowest BCUT2D eigenvalue weighted by atomic mass is 10.0. The Balaban J connectivity index is 2.20. The molecule has 22 heavy (non-hydrogen) atoms. The Morgan fingerprint density at radius 2 is 2.09 bits per heavy atom. The van der Waals surface area contributed by atoms with Gasteiger partial charge in [-0.25, -0.2) is 4.79 Å². The molecule has 0 fully saturated rings. The maximum absolute atomic E-state index is 12.1. The summed E-state index contributed by atoms with van der Waals surface area (Å²) in [5.41, 5.74) is 1.65. The molecule has 0 radical (unpaired) electrons. The molecule has 0 aliphatic carbocycles. The number of hydrogen-bond acceptors (Lipinski definition) is 3. The first-order chi connectivity index (χ1) is 10.4. The van der Waals surface area contributed by atoms with Crippen LogP contribution in [0.5, 0.6) is 5.75 Å². The van der Waals surface area contributed by atoms with E-state index in [0.29, 0.717) is 5.75 Å². The van der Waals surface area contributed by atoms with Crippen LogP contribution in [0.25, 0.3) is 10.9 Å². The number of carboxylic acid groups (broad SMARTS) is 1. The van der Waals surface area contributed by atoms with E-state index >= 15 is 0 Å². The number of aromatic amines is 1. The first-order valence-electron chi connectivity index (χ1n) is 7.09. The van der Waals surface area contributed by atoms with Crippen LogP contribution in [0.3, 0.4) is 0 Å². The van der Waals surface area contributed by atoms with Crippen LogP contribution in [0.1, 0.15) is 19.4 Å². The van der Waals surface area contributed by atoms with Crippen molar-refractivity contribution >= 4 is 22.8 Å². The number of methoxy groups -OCH3 is 1. The third kappa shape index (κ3) is 3.21. The summed E-state index contributed by atoms with van der Waals surface area (Å²) in [7, 11) is 1.57. The zero-order valence-corrected chi connectivity index (χ0v) is 12.8. The minimum atomic E-state index is -1.03. The van der Waals surface area contributed by atoms with Crippen LogP contribution in [0.2, 0.25) is 0 Å². The summed E-state index contributed by atoms with van der Waals surface area (Å²) in [6.07, 6.45) is 1.84. The average molecular weight is 304 g/mol. The van der Waals surface area contributed by atoms with Crippen molar-refractivity contribution in [2.45, 2.75) is 26.3 Å². The van der Waals surface area contributed by atoms with E-state index in [1.807, 2.05) is 18.2 Å². The molecule has 0 spiro atoms. The van der Waals surface area contributed by atoms with Crippen LogP contribution in [0.15, 0.2) is 24.4 Å². The van der Waals surface area contributed by atoms with Gasteiger partial charge in [0.25, 0.3) is 0 Å². The van der Waals surface area contributed by atoms with E-state index in [1.165, 1.54) is 0 Å². The molecule has 3 N–H and O–H groups in total. The normalized spacial score (nSPS) is 12.4. The predicted molar refractivity (Wildman–Crippen MR) is 83.0 cm³/mol. The van der Waals surface area contributed by atoms with Crippen molar-refractivity contribution in [2.24, 2.45) is 5.92 Å². The smallest absolute Gasteiger partial charge is 0.326 e. The Bertz CT molecular complexity index is 691. The largest absolute Gasteiger partial charge is 0.496 e. The summed E-state index contributed by atoms with van der Waals surface area (Å²) in [6.45, 7) is 3.52. The van der Waals surface area contributed by atoms with E-state index in [1.54, 1.807) is 27.2 Å². The number of ether oxygens (including phenoxy) is 1. The van der Waals surface area contributed by atoms with Gasteiger partial charge in [-0.1, -0.05) is 19.9 Å². The molecule has 1 amide bonds. The van der Waals surface area contributed by atoms with Crippen molar-refractivity contribution in [3.05, 3.63) is 30.0 Å². The summed E-state index contributed by atoms with van der Waals surface area (Å²) >= 11 is 0. The van der Waals surface area contributed by atoms with Gasteiger partial charge >= 0.3 is 5.97 Å². The van der Waals surface area contributed by atoms with E-state index < -0.39 is 12.0 Å². The number of carbonyl (C=O) groups excluding carboxylic acids is 1. The number of hydrogen-bond donors (Lipinski definition) is 3. The fourth-order valence-corrected chi connectivity index (χ4v) is 2.44. The van der Waals surface area contributed by atoms with Crippen molar-refractivity contribution in [1.29, 1.82) is 0 Å². The second kappa shape index (κ2) is 6.51. The summed E-state index contributed by atoms with van der Waals surface area (Å²) in [5, 5.41) is 12.5. The number of carbonyl (C=O) groups is 2. The molecule has 1 aromatic carbocycles. The minimum absolute atomic E-state index is 0.0941. The second-order valence-corrected chi connectivity index (χ2v) is 5.50. The van der Waals surface area contributed by atoms with Crippen molar-refractivity contribution in [2.75, 3.05) is 7.11 Å². The maximum Gasteiger partial charge on any atom is 0.326 e. The van der Waals surface area contributed by atoms with Crippen LogP contribution in [-0.2, 0) is 16.0 Å². The van der Waals surface area contributed by atoms with Crippen LogP contribution >= 0.6 is 0 Å². The molecule has 0 saturated carbocycles. The van der Waals surface area contributed by atoms with Gasteiger partial charge in [-0.2, -0.15) is 0 Å². The Kier molecular flexibility index (Phi) is 4.70. The lowest BCUT2D eigenvalue weighted by Gasteiger charge is -2.17. The SMILES string of the molecule is COc1cccc2[nH]cc(CC(=O)NC(C(=O)O)C(C)C)c12. The highest BCUT2D eigenvalue weighted by molar-refractivity contribution is 5.94. The summed E-state index contributed by atoms with van der Waals surface area (Å²) in [4.78, 5) is 26.4. The topological polar surface area (TPSA) is 91.4 Å². The van der Waals surface area contributed by atoms with Gasteiger partial charge in [0.05, 0.1) is 13.5 Å². The molecule has 0 aliphatic heterocycles. The first-order valence-corrected chi connectivity index (χ1v) is 7.09. The quantitative estimate of drug-likeness (QED) is 0.760. The number of aliphatic carboxylic acids is 1. The van der Waals surface area contributed by atoms with E-state index in [9.17, 15) is 9.59 Å². The van der Waals surface area contributed by atoms with Gasteiger partial charge in [0, 0.05) is 17.1 Å². The molecule has 6 nitrogen and oxygen atoms in total. The van der Waals surface area contributed by atoms with Crippen molar-refractivity contribution in [3.63, 3.8) is 0 Å². The molecule has 0 aliphatic rings. The van der Waals surface area contributed by atoms with Gasteiger partial charge in [0.2, 0.25) is 5.91 Å². The lowest BCUT2D eigenvalue weighted by Crippen LogP contribution is -2.44. The Morgan fingerprint density at radius 3 is 2.68 bits per heavy atom. The standard InChI is InChI=1S/C16H20N2O4/c1-9(2)15(16(20)21)18-13(19)7-10-8-17-11-5-4-6-12(22-3)14(10)11/h4-6,8-9,15,17H,7H2,1-3H3,(H,18,19)(H,20,21). The number of rotatable bonds is 6. The summed E-state index contributed by atoms with van der Waals surface area (Å²) < 4.78 is 5.32. The van der Waals surface area contributed by atoms with Gasteiger partial charge in [-0.3, -0.25) is 4.79 Å². The molecule has 0 bridgehead atoms. The fraction of sp³-hybridized carbons (Fsp3) is 0.375. The highest BCUT2D eigenvalue weighted by atomic mass is 16.5. The molecular formula is C16H20N2O4.